The molecule has 1 heterocycles. The monoisotopic (exact) mass is 587 g/mol. The molecular weight excluding hydrogens is 548 g/mol. The number of nitrogens with zero attached hydrogens (tertiary/aromatic N) is 2. The Morgan fingerprint density at radius 3 is 2.70 bits per heavy atom. The third kappa shape index (κ3) is 7.93. The van der Waals surface area contributed by atoms with E-state index in [1.54, 1.807) is 12.5 Å². The summed E-state index contributed by atoms with van der Waals surface area (Å²) >= 11 is 0. The van der Waals surface area contributed by atoms with Gasteiger partial charge in [-0.2, -0.15) is 0 Å². The van der Waals surface area contributed by atoms with Gasteiger partial charge >= 0.3 is 0 Å². The molecule has 3 atom stereocenters. The summed E-state index contributed by atoms with van der Waals surface area (Å²) < 4.78 is 29.9. The molecule has 3 aromatic carbocycles. The topological polar surface area (TPSA) is 91.2 Å². The zero-order chi connectivity index (χ0) is 30.2. The number of fused-ring (bicyclic) bond motifs is 1. The first-order valence-electron chi connectivity index (χ1n) is 15.0. The van der Waals surface area contributed by atoms with Gasteiger partial charge in [-0.3, -0.25) is 4.79 Å². The number of aromatic nitrogens is 2. The number of nitrogens with one attached hydrogen (secondary N) is 3. The minimum absolute atomic E-state index is 0.0200. The van der Waals surface area contributed by atoms with Crippen molar-refractivity contribution in [1.29, 1.82) is 0 Å². The van der Waals surface area contributed by atoms with Crippen LogP contribution in [0.5, 0.6) is 0 Å². The van der Waals surface area contributed by atoms with Crippen LogP contribution in [0.2, 0.25) is 0 Å². The average Bonchev–Trinajstić information content (AvgIpc) is 3.48. The van der Waals surface area contributed by atoms with Gasteiger partial charge in [0.05, 0.1) is 24.5 Å². The van der Waals surface area contributed by atoms with Crippen molar-refractivity contribution in [2.75, 3.05) is 11.9 Å². The summed E-state index contributed by atoms with van der Waals surface area (Å²) in [4.78, 5) is 17.8. The van der Waals surface area contributed by atoms with Gasteiger partial charge in [-0.25, -0.2) is 13.8 Å². The molecule has 0 bridgehead atoms. The standard InChI is InChI=1S/C34H39F2N5O2/c1-2-8-31(39-27-14-13-24-16-26(35)17-30(36)29(24)18-27)34(43)40-33-20-41(22-38-33)32-12-7-6-11-25(32)19-37-28(21-42)15-23-9-4-3-5-10-23/h3-7,9-12,16-17,20,22,27-28,31,37,39,42H,2,8,13-15,18-19,21H2,1H3,(H,40,43)/t27-,28+,31?/m0/s1. The minimum Gasteiger partial charge on any atom is -0.395 e. The van der Waals surface area contributed by atoms with E-state index in [0.717, 1.165) is 29.3 Å². The van der Waals surface area contributed by atoms with E-state index in [-0.39, 0.29) is 24.6 Å². The lowest BCUT2D eigenvalue weighted by molar-refractivity contribution is -0.118. The summed E-state index contributed by atoms with van der Waals surface area (Å²) in [7, 11) is 0. The van der Waals surface area contributed by atoms with Crippen molar-refractivity contribution in [3.05, 3.63) is 113 Å². The molecule has 0 saturated heterocycles. The number of hydrogen-bond donors (Lipinski definition) is 4. The highest BCUT2D eigenvalue weighted by molar-refractivity contribution is 5.94. The zero-order valence-corrected chi connectivity index (χ0v) is 24.4. The Balaban J connectivity index is 1.21. The van der Waals surface area contributed by atoms with Crippen molar-refractivity contribution in [3.63, 3.8) is 0 Å². The first-order valence-corrected chi connectivity index (χ1v) is 15.0. The van der Waals surface area contributed by atoms with Crippen LogP contribution in [0.25, 0.3) is 5.69 Å². The van der Waals surface area contributed by atoms with E-state index < -0.39 is 17.7 Å². The Kier molecular flexibility index (Phi) is 10.3. The van der Waals surface area contributed by atoms with Gasteiger partial charge in [0, 0.05) is 24.7 Å². The zero-order valence-electron chi connectivity index (χ0n) is 24.4. The van der Waals surface area contributed by atoms with Crippen LogP contribution in [0.1, 0.15) is 48.4 Å². The second-order valence-electron chi connectivity index (χ2n) is 11.2. The number of aliphatic hydroxyl groups is 1. The van der Waals surface area contributed by atoms with E-state index in [2.05, 4.69) is 33.1 Å². The number of aryl methyl sites for hydroxylation is 1. The molecule has 0 radical (unpaired) electrons. The molecular formula is C34H39F2N5O2. The number of rotatable bonds is 13. The molecule has 1 aromatic heterocycles. The van der Waals surface area contributed by atoms with Crippen molar-refractivity contribution in [2.45, 2.75) is 70.1 Å². The van der Waals surface area contributed by atoms with Crippen LogP contribution in [-0.4, -0.2) is 45.3 Å². The van der Waals surface area contributed by atoms with Crippen LogP contribution in [0.15, 0.2) is 79.3 Å². The first-order chi connectivity index (χ1) is 20.9. The molecule has 1 aliphatic carbocycles. The number of carbonyl (C=O) groups is 1. The number of para-hydroxylation sites is 1. The van der Waals surface area contributed by atoms with Crippen LogP contribution >= 0.6 is 0 Å². The van der Waals surface area contributed by atoms with Gasteiger partial charge in [-0.1, -0.05) is 61.9 Å². The molecule has 0 saturated carbocycles. The highest BCUT2D eigenvalue weighted by atomic mass is 19.1. The number of hydrogen-bond acceptors (Lipinski definition) is 5. The smallest absolute Gasteiger partial charge is 0.242 e. The molecule has 1 unspecified atom stereocenters. The summed E-state index contributed by atoms with van der Waals surface area (Å²) in [6.45, 7) is 2.59. The summed E-state index contributed by atoms with van der Waals surface area (Å²) in [5.41, 5.74) is 4.33. The summed E-state index contributed by atoms with van der Waals surface area (Å²) in [6, 6.07) is 19.7. The number of anilines is 1. The van der Waals surface area contributed by atoms with E-state index in [1.165, 1.54) is 6.07 Å². The van der Waals surface area contributed by atoms with Crippen LogP contribution in [0.4, 0.5) is 14.6 Å². The Morgan fingerprint density at radius 2 is 1.91 bits per heavy atom. The molecule has 9 heteroatoms. The minimum atomic E-state index is -0.554. The van der Waals surface area contributed by atoms with Gasteiger partial charge in [0.15, 0.2) is 5.82 Å². The van der Waals surface area contributed by atoms with Gasteiger partial charge < -0.3 is 25.6 Å². The lowest BCUT2D eigenvalue weighted by Gasteiger charge is -2.29. The maximum Gasteiger partial charge on any atom is 0.242 e. The number of carbonyl (C=O) groups excluding carboxylic acids is 1. The molecule has 43 heavy (non-hydrogen) atoms. The van der Waals surface area contributed by atoms with Crippen molar-refractivity contribution in [3.8, 4) is 5.69 Å². The Hall–Kier alpha value is -3.92. The van der Waals surface area contributed by atoms with Crippen LogP contribution in [-0.2, 0) is 30.6 Å². The second-order valence-corrected chi connectivity index (χ2v) is 11.2. The SMILES string of the molecule is CCCC(N[C@H]1CCc2cc(F)cc(F)c2C1)C(=O)Nc1cn(-c2ccccc2CN[C@@H](CO)Cc2ccccc2)cn1. The largest absolute Gasteiger partial charge is 0.395 e. The van der Waals surface area contributed by atoms with E-state index in [0.29, 0.717) is 55.6 Å². The molecule has 4 aromatic rings. The number of aliphatic hydroxyl groups excluding tert-OH is 1. The molecule has 226 valence electrons. The van der Waals surface area contributed by atoms with Gasteiger partial charge in [-0.15, -0.1) is 0 Å². The molecule has 1 aliphatic rings. The van der Waals surface area contributed by atoms with E-state index >= 15 is 0 Å². The third-order valence-electron chi connectivity index (χ3n) is 8.03. The third-order valence-corrected chi connectivity index (χ3v) is 8.03. The van der Waals surface area contributed by atoms with Gasteiger partial charge in [-0.05, 0) is 66.5 Å². The number of imidazole rings is 1. The number of benzene rings is 3. The predicted octanol–water partition coefficient (Wildman–Crippen LogP) is 5.10. The van der Waals surface area contributed by atoms with E-state index in [4.69, 9.17) is 0 Å². The molecule has 0 spiro atoms. The Bertz CT molecular complexity index is 1510. The number of amides is 1. The second kappa shape index (κ2) is 14.5. The predicted molar refractivity (Wildman–Crippen MR) is 164 cm³/mol. The quantitative estimate of drug-likeness (QED) is 0.175. The average molecular weight is 588 g/mol. The van der Waals surface area contributed by atoms with Gasteiger partial charge in [0.25, 0.3) is 0 Å². The summed E-state index contributed by atoms with van der Waals surface area (Å²) in [5.74, 6) is -0.841. The van der Waals surface area contributed by atoms with Gasteiger partial charge in [0.1, 0.15) is 18.0 Å². The lowest BCUT2D eigenvalue weighted by Crippen LogP contribution is -2.48. The lowest BCUT2D eigenvalue weighted by atomic mass is 9.87. The van der Waals surface area contributed by atoms with E-state index in [1.807, 2.05) is 54.0 Å². The first kappa shape index (κ1) is 30.5. The normalized spacial score (nSPS) is 16.0. The molecule has 5 rings (SSSR count). The van der Waals surface area contributed by atoms with Crippen molar-refractivity contribution in [1.82, 2.24) is 20.2 Å². The fourth-order valence-corrected chi connectivity index (χ4v) is 5.79. The summed E-state index contributed by atoms with van der Waals surface area (Å²) in [6.07, 6.45) is 7.26. The van der Waals surface area contributed by atoms with Gasteiger partial charge in [0.2, 0.25) is 5.91 Å². The fourth-order valence-electron chi connectivity index (χ4n) is 5.79. The highest BCUT2D eigenvalue weighted by Gasteiger charge is 2.27. The van der Waals surface area contributed by atoms with Crippen LogP contribution in [0, 0.1) is 11.6 Å². The van der Waals surface area contributed by atoms with Crippen LogP contribution in [0.3, 0.4) is 0 Å². The van der Waals surface area contributed by atoms with Crippen molar-refractivity contribution < 1.29 is 18.7 Å². The van der Waals surface area contributed by atoms with E-state index in [9.17, 15) is 18.7 Å². The maximum absolute atomic E-state index is 14.4. The maximum atomic E-state index is 14.4. The van der Waals surface area contributed by atoms with Crippen molar-refractivity contribution in [2.24, 2.45) is 0 Å². The Labute approximate surface area is 251 Å². The number of halogens is 2. The molecule has 0 fully saturated rings. The fraction of sp³-hybridized carbons (Fsp3) is 0.353. The highest BCUT2D eigenvalue weighted by Crippen LogP contribution is 2.26. The van der Waals surface area contributed by atoms with Crippen molar-refractivity contribution >= 4 is 11.7 Å². The summed E-state index contributed by atoms with van der Waals surface area (Å²) in [5, 5.41) is 19.8. The molecule has 4 N–H and O–H groups in total. The molecule has 1 amide bonds. The molecule has 7 nitrogen and oxygen atoms in total. The molecule has 0 aliphatic heterocycles. The Morgan fingerprint density at radius 1 is 1.12 bits per heavy atom. The van der Waals surface area contributed by atoms with Crippen LogP contribution < -0.4 is 16.0 Å².